The van der Waals surface area contributed by atoms with E-state index in [1.807, 2.05) is 0 Å². The van der Waals surface area contributed by atoms with Crippen LogP contribution in [0.4, 0.5) is 8.78 Å². The van der Waals surface area contributed by atoms with Crippen LogP contribution < -0.4 is 5.32 Å². The molecule has 0 aliphatic carbocycles. The molecule has 2 rings (SSSR count). The summed E-state index contributed by atoms with van der Waals surface area (Å²) in [5.41, 5.74) is -0.190. The van der Waals surface area contributed by atoms with Crippen LogP contribution >= 0.6 is 0 Å². The molecule has 1 fully saturated rings. The van der Waals surface area contributed by atoms with Crippen LogP contribution in [0, 0.1) is 11.6 Å². The normalized spacial score (nSPS) is 25.8. The van der Waals surface area contributed by atoms with Gasteiger partial charge in [0.25, 0.3) is 0 Å². The van der Waals surface area contributed by atoms with E-state index in [9.17, 15) is 13.9 Å². The predicted molar refractivity (Wildman–Crippen MR) is 52.5 cm³/mol. The first-order valence-corrected chi connectivity index (χ1v) is 4.96. The minimum atomic E-state index is -0.859. The smallest absolute Gasteiger partial charge is 0.159 e. The fraction of sp³-hybridized carbons (Fsp3) is 0.455. The van der Waals surface area contributed by atoms with E-state index in [1.54, 1.807) is 0 Å². The lowest BCUT2D eigenvalue weighted by Gasteiger charge is -2.21. The van der Waals surface area contributed by atoms with Gasteiger partial charge in [-0.05, 0) is 30.7 Å². The molecule has 15 heavy (non-hydrogen) atoms. The standard InChI is InChI=1S/C11H13F2NO/c12-9-2-1-8(5-10(9)13)6-11(15)3-4-14-7-11/h1-2,5,14-15H,3-4,6-7H2. The lowest BCUT2D eigenvalue weighted by Crippen LogP contribution is -2.33. The average molecular weight is 213 g/mol. The third kappa shape index (κ3) is 2.33. The molecule has 2 N–H and O–H groups in total. The van der Waals surface area contributed by atoms with E-state index in [0.29, 0.717) is 24.9 Å². The monoisotopic (exact) mass is 213 g/mol. The molecule has 0 spiro atoms. The highest BCUT2D eigenvalue weighted by Gasteiger charge is 2.31. The van der Waals surface area contributed by atoms with Gasteiger partial charge in [-0.1, -0.05) is 6.07 Å². The summed E-state index contributed by atoms with van der Waals surface area (Å²) in [6.45, 7) is 1.27. The van der Waals surface area contributed by atoms with Gasteiger partial charge in [-0.15, -0.1) is 0 Å². The number of hydrogen-bond acceptors (Lipinski definition) is 2. The largest absolute Gasteiger partial charge is 0.388 e. The van der Waals surface area contributed by atoms with Gasteiger partial charge in [-0.25, -0.2) is 8.78 Å². The number of halogens is 2. The van der Waals surface area contributed by atoms with Crippen molar-refractivity contribution in [3.63, 3.8) is 0 Å². The van der Waals surface area contributed by atoms with Gasteiger partial charge in [0, 0.05) is 13.0 Å². The van der Waals surface area contributed by atoms with Crippen LogP contribution in [0.25, 0.3) is 0 Å². The van der Waals surface area contributed by atoms with E-state index < -0.39 is 17.2 Å². The Bertz CT molecular complexity index is 362. The van der Waals surface area contributed by atoms with Crippen LogP contribution in [0.15, 0.2) is 18.2 Å². The quantitative estimate of drug-likeness (QED) is 0.774. The van der Waals surface area contributed by atoms with E-state index in [-0.39, 0.29) is 0 Å². The van der Waals surface area contributed by atoms with E-state index >= 15 is 0 Å². The molecule has 0 aromatic heterocycles. The zero-order valence-corrected chi connectivity index (χ0v) is 8.26. The second kappa shape index (κ2) is 3.87. The van der Waals surface area contributed by atoms with Crippen molar-refractivity contribution < 1.29 is 13.9 Å². The Morgan fingerprint density at radius 3 is 2.73 bits per heavy atom. The lowest BCUT2D eigenvalue weighted by molar-refractivity contribution is 0.0618. The first-order valence-electron chi connectivity index (χ1n) is 4.96. The van der Waals surface area contributed by atoms with Crippen LogP contribution in [0.1, 0.15) is 12.0 Å². The number of β-amino-alcohol motifs (C(OH)–C–C–N with tert-alkyl or cyclic N) is 1. The predicted octanol–water partition coefficient (Wildman–Crippen LogP) is 1.23. The second-order valence-corrected chi connectivity index (χ2v) is 4.08. The molecule has 0 bridgehead atoms. The zero-order chi connectivity index (χ0) is 10.9. The molecule has 1 saturated heterocycles. The summed E-state index contributed by atoms with van der Waals surface area (Å²) in [5, 5.41) is 13.1. The third-order valence-corrected chi connectivity index (χ3v) is 2.74. The van der Waals surface area contributed by atoms with Gasteiger partial charge < -0.3 is 10.4 Å². The Morgan fingerprint density at radius 1 is 1.33 bits per heavy atom. The highest BCUT2D eigenvalue weighted by molar-refractivity contribution is 5.20. The molecule has 0 radical (unpaired) electrons. The molecule has 1 heterocycles. The first kappa shape index (κ1) is 10.5. The Hall–Kier alpha value is -1.00. The van der Waals surface area contributed by atoms with Crippen molar-refractivity contribution in [1.29, 1.82) is 0 Å². The number of aliphatic hydroxyl groups is 1. The van der Waals surface area contributed by atoms with Crippen LogP contribution in [0.5, 0.6) is 0 Å². The van der Waals surface area contributed by atoms with E-state index in [0.717, 1.165) is 18.7 Å². The minimum Gasteiger partial charge on any atom is -0.388 e. The summed E-state index contributed by atoms with van der Waals surface area (Å²) in [4.78, 5) is 0. The molecule has 0 saturated carbocycles. The summed E-state index contributed by atoms with van der Waals surface area (Å²) >= 11 is 0. The van der Waals surface area contributed by atoms with Gasteiger partial charge in [0.2, 0.25) is 0 Å². The molecule has 1 atom stereocenters. The molecular weight excluding hydrogens is 200 g/mol. The van der Waals surface area contributed by atoms with Crippen LogP contribution in [0.2, 0.25) is 0 Å². The van der Waals surface area contributed by atoms with Crippen molar-refractivity contribution >= 4 is 0 Å². The molecular formula is C11H13F2NO. The maximum atomic E-state index is 12.9. The van der Waals surface area contributed by atoms with Crippen molar-refractivity contribution in [2.45, 2.75) is 18.4 Å². The number of hydrogen-bond donors (Lipinski definition) is 2. The summed E-state index contributed by atoms with van der Waals surface area (Å²) in [7, 11) is 0. The number of nitrogens with one attached hydrogen (secondary N) is 1. The van der Waals surface area contributed by atoms with Gasteiger partial charge in [-0.2, -0.15) is 0 Å². The highest BCUT2D eigenvalue weighted by Crippen LogP contribution is 2.21. The van der Waals surface area contributed by atoms with Gasteiger partial charge in [0.1, 0.15) is 0 Å². The second-order valence-electron chi connectivity index (χ2n) is 4.08. The van der Waals surface area contributed by atoms with Crippen LogP contribution in [0.3, 0.4) is 0 Å². The molecule has 1 aliphatic heterocycles. The highest BCUT2D eigenvalue weighted by atomic mass is 19.2. The number of rotatable bonds is 2. The minimum absolute atomic E-state index is 0.358. The van der Waals surface area contributed by atoms with Crippen molar-refractivity contribution in [2.75, 3.05) is 13.1 Å². The topological polar surface area (TPSA) is 32.3 Å². The molecule has 1 aliphatic rings. The molecule has 1 unspecified atom stereocenters. The Kier molecular flexibility index (Phi) is 2.71. The van der Waals surface area contributed by atoms with Crippen molar-refractivity contribution in [1.82, 2.24) is 5.32 Å². The van der Waals surface area contributed by atoms with Crippen LogP contribution in [-0.2, 0) is 6.42 Å². The van der Waals surface area contributed by atoms with Crippen molar-refractivity contribution in [3.05, 3.63) is 35.4 Å². The maximum absolute atomic E-state index is 12.9. The molecule has 2 nitrogen and oxygen atoms in total. The third-order valence-electron chi connectivity index (χ3n) is 2.74. The van der Waals surface area contributed by atoms with Gasteiger partial charge >= 0.3 is 0 Å². The molecule has 4 heteroatoms. The summed E-state index contributed by atoms with van der Waals surface area (Å²) in [5.74, 6) is -1.71. The molecule has 82 valence electrons. The fourth-order valence-electron chi connectivity index (χ4n) is 1.91. The molecule has 1 aromatic carbocycles. The van der Waals surface area contributed by atoms with E-state index in [1.165, 1.54) is 6.07 Å². The number of benzene rings is 1. The SMILES string of the molecule is OC1(Cc2ccc(F)c(F)c2)CCNC1. The van der Waals surface area contributed by atoms with Gasteiger partial charge in [-0.3, -0.25) is 0 Å². The summed E-state index contributed by atoms with van der Waals surface area (Å²) in [6, 6.07) is 3.75. The van der Waals surface area contributed by atoms with E-state index in [2.05, 4.69) is 5.32 Å². The van der Waals surface area contributed by atoms with Crippen LogP contribution in [-0.4, -0.2) is 23.8 Å². The molecule has 0 amide bonds. The van der Waals surface area contributed by atoms with E-state index in [4.69, 9.17) is 0 Å². The van der Waals surface area contributed by atoms with Crippen molar-refractivity contribution in [3.8, 4) is 0 Å². The Labute approximate surface area is 86.9 Å². The Balaban J connectivity index is 2.13. The fourth-order valence-corrected chi connectivity index (χ4v) is 1.91. The lowest BCUT2D eigenvalue weighted by atomic mass is 9.94. The average Bonchev–Trinajstić information content (AvgIpc) is 2.59. The Morgan fingerprint density at radius 2 is 2.13 bits per heavy atom. The first-order chi connectivity index (χ1) is 7.09. The van der Waals surface area contributed by atoms with Gasteiger partial charge in [0.05, 0.1) is 5.60 Å². The molecule has 1 aromatic rings. The maximum Gasteiger partial charge on any atom is 0.159 e. The summed E-state index contributed by atoms with van der Waals surface area (Å²) in [6.07, 6.45) is 1.00. The van der Waals surface area contributed by atoms with Crippen molar-refractivity contribution in [2.24, 2.45) is 0 Å². The van der Waals surface area contributed by atoms with Gasteiger partial charge in [0.15, 0.2) is 11.6 Å². The summed E-state index contributed by atoms with van der Waals surface area (Å²) < 4.78 is 25.6. The zero-order valence-electron chi connectivity index (χ0n) is 8.26.